The second-order valence-electron chi connectivity index (χ2n) is 6.48. The monoisotopic (exact) mass is 307 g/mol. The number of hydrogen-bond acceptors (Lipinski definition) is 1. The summed E-state index contributed by atoms with van der Waals surface area (Å²) in [6.45, 7) is 0.538. The van der Waals surface area contributed by atoms with Crippen LogP contribution in [0, 0.1) is 23.7 Å². The summed E-state index contributed by atoms with van der Waals surface area (Å²) < 4.78 is 38.6. The number of hydrogen-bond donors (Lipinski definition) is 0. The number of amides is 1. The van der Waals surface area contributed by atoms with Gasteiger partial charge >= 0.3 is 6.18 Å². The molecule has 0 radical (unpaired) electrons. The normalized spacial score (nSPS) is 33.4. The Morgan fingerprint density at radius 3 is 2.45 bits per heavy atom. The molecule has 1 saturated heterocycles. The lowest BCUT2D eigenvalue weighted by Gasteiger charge is -2.39. The van der Waals surface area contributed by atoms with Crippen LogP contribution in [-0.4, -0.2) is 12.5 Å². The van der Waals surface area contributed by atoms with Crippen LogP contribution in [0.2, 0.25) is 0 Å². The Morgan fingerprint density at radius 1 is 1.09 bits per heavy atom. The fourth-order valence-electron chi connectivity index (χ4n) is 4.28. The zero-order chi connectivity index (χ0) is 15.5. The minimum Gasteiger partial charge on any atom is -0.312 e. The van der Waals surface area contributed by atoms with Gasteiger partial charge in [0.1, 0.15) is 0 Å². The van der Waals surface area contributed by atoms with E-state index in [9.17, 15) is 18.0 Å². The van der Waals surface area contributed by atoms with Gasteiger partial charge in [0, 0.05) is 18.2 Å². The molecule has 1 heterocycles. The zero-order valence-corrected chi connectivity index (χ0v) is 11.9. The van der Waals surface area contributed by atoms with Gasteiger partial charge in [-0.05, 0) is 48.8 Å². The molecule has 1 amide bonds. The number of fused-ring (bicyclic) bond motifs is 1. The maximum absolute atomic E-state index is 12.9. The average molecular weight is 307 g/mol. The lowest BCUT2D eigenvalue weighted by Crippen LogP contribution is -2.37. The molecular weight excluding hydrogens is 291 g/mol. The lowest BCUT2D eigenvalue weighted by atomic mass is 9.63. The van der Waals surface area contributed by atoms with Gasteiger partial charge < -0.3 is 4.90 Å². The average Bonchev–Trinajstić information content (AvgIpc) is 2.88. The van der Waals surface area contributed by atoms with Gasteiger partial charge in [0.2, 0.25) is 5.91 Å². The van der Waals surface area contributed by atoms with Crippen LogP contribution in [0.15, 0.2) is 36.4 Å². The number of rotatable bonds is 1. The summed E-state index contributed by atoms with van der Waals surface area (Å²) in [4.78, 5) is 14.3. The van der Waals surface area contributed by atoms with Gasteiger partial charge in [0.05, 0.1) is 5.56 Å². The Bertz CT molecular complexity index is 652. The summed E-state index contributed by atoms with van der Waals surface area (Å²) in [6.07, 6.45) is 2.05. The number of carbonyl (C=O) groups is 1. The van der Waals surface area contributed by atoms with E-state index in [1.165, 1.54) is 6.07 Å². The molecule has 5 rings (SSSR count). The van der Waals surface area contributed by atoms with Crippen LogP contribution >= 0.6 is 0 Å². The van der Waals surface area contributed by atoms with E-state index in [2.05, 4.69) is 12.2 Å². The van der Waals surface area contributed by atoms with E-state index < -0.39 is 11.7 Å². The molecule has 1 aromatic carbocycles. The summed E-state index contributed by atoms with van der Waals surface area (Å²) in [5, 5.41) is 0. The number of anilines is 1. The second-order valence-corrected chi connectivity index (χ2v) is 6.48. The summed E-state index contributed by atoms with van der Waals surface area (Å²) in [7, 11) is 0. The quantitative estimate of drug-likeness (QED) is 0.721. The number of halogens is 3. The first-order valence-electron chi connectivity index (χ1n) is 7.62. The van der Waals surface area contributed by atoms with Crippen molar-refractivity contribution < 1.29 is 18.0 Å². The maximum atomic E-state index is 12.9. The van der Waals surface area contributed by atoms with Gasteiger partial charge in [-0.25, -0.2) is 0 Å². The predicted molar refractivity (Wildman–Crippen MR) is 76.1 cm³/mol. The van der Waals surface area contributed by atoms with Gasteiger partial charge in [0.15, 0.2) is 0 Å². The van der Waals surface area contributed by atoms with Gasteiger partial charge in [0.25, 0.3) is 0 Å². The topological polar surface area (TPSA) is 20.3 Å². The van der Waals surface area contributed by atoms with Crippen molar-refractivity contribution in [1.29, 1.82) is 0 Å². The van der Waals surface area contributed by atoms with E-state index >= 15 is 0 Å². The summed E-state index contributed by atoms with van der Waals surface area (Å²) in [5.41, 5.74) is -0.331. The van der Waals surface area contributed by atoms with E-state index in [4.69, 9.17) is 0 Å². The van der Waals surface area contributed by atoms with Crippen molar-refractivity contribution in [3.05, 3.63) is 42.0 Å². The fraction of sp³-hybridized carbons (Fsp3) is 0.471. The molecule has 4 aliphatic rings. The van der Waals surface area contributed by atoms with E-state index in [-0.39, 0.29) is 23.7 Å². The zero-order valence-electron chi connectivity index (χ0n) is 11.9. The Hall–Kier alpha value is -1.78. The molecule has 22 heavy (non-hydrogen) atoms. The molecule has 4 atom stereocenters. The third-order valence-corrected chi connectivity index (χ3v) is 5.34. The molecule has 0 unspecified atom stereocenters. The molecule has 1 aromatic rings. The van der Waals surface area contributed by atoms with Crippen LogP contribution in [0.4, 0.5) is 18.9 Å². The van der Waals surface area contributed by atoms with Crippen molar-refractivity contribution in [2.75, 3.05) is 11.4 Å². The molecule has 3 aliphatic carbocycles. The molecule has 0 aromatic heterocycles. The van der Waals surface area contributed by atoms with Crippen molar-refractivity contribution in [2.24, 2.45) is 23.7 Å². The molecule has 2 nitrogen and oxygen atoms in total. The molecule has 1 saturated carbocycles. The molecule has 2 fully saturated rings. The predicted octanol–water partition coefficient (Wildman–Crippen LogP) is 3.88. The van der Waals surface area contributed by atoms with Crippen molar-refractivity contribution in [1.82, 2.24) is 0 Å². The van der Waals surface area contributed by atoms with Crippen molar-refractivity contribution in [3.8, 4) is 0 Å². The smallest absolute Gasteiger partial charge is 0.312 e. The van der Waals surface area contributed by atoms with E-state index in [1.54, 1.807) is 11.0 Å². The van der Waals surface area contributed by atoms with Crippen molar-refractivity contribution >= 4 is 11.6 Å². The number of benzene rings is 1. The Balaban J connectivity index is 1.67. The Labute approximate surface area is 126 Å². The lowest BCUT2D eigenvalue weighted by molar-refractivity contribution is -0.137. The third-order valence-electron chi connectivity index (χ3n) is 5.34. The first-order valence-corrected chi connectivity index (χ1v) is 7.62. The van der Waals surface area contributed by atoms with E-state index in [0.29, 0.717) is 18.2 Å². The first kappa shape index (κ1) is 13.9. The number of alkyl halides is 3. The van der Waals surface area contributed by atoms with Crippen LogP contribution in [-0.2, 0) is 11.0 Å². The maximum Gasteiger partial charge on any atom is 0.416 e. The van der Waals surface area contributed by atoms with Crippen LogP contribution in [0.5, 0.6) is 0 Å². The molecule has 0 N–H and O–H groups in total. The molecule has 116 valence electrons. The highest BCUT2D eigenvalue weighted by Gasteiger charge is 2.51. The number of nitrogens with zero attached hydrogens (tertiary/aromatic N) is 1. The highest BCUT2D eigenvalue weighted by Crippen LogP contribution is 2.49. The molecule has 1 aliphatic heterocycles. The molecule has 2 bridgehead atoms. The van der Waals surface area contributed by atoms with Crippen LogP contribution in [0.1, 0.15) is 18.4 Å². The van der Waals surface area contributed by atoms with Gasteiger partial charge in [-0.3, -0.25) is 4.79 Å². The third kappa shape index (κ3) is 1.98. The van der Waals surface area contributed by atoms with E-state index in [0.717, 1.165) is 25.0 Å². The number of allylic oxidation sites excluding steroid dienone is 2. The van der Waals surface area contributed by atoms with Crippen molar-refractivity contribution in [3.63, 3.8) is 0 Å². The van der Waals surface area contributed by atoms with Gasteiger partial charge in [-0.15, -0.1) is 0 Å². The van der Waals surface area contributed by atoms with Crippen molar-refractivity contribution in [2.45, 2.75) is 19.0 Å². The summed E-state index contributed by atoms with van der Waals surface area (Å²) in [6, 6.07) is 5.10. The fourth-order valence-corrected chi connectivity index (χ4v) is 4.28. The highest BCUT2D eigenvalue weighted by atomic mass is 19.4. The van der Waals surface area contributed by atoms with Crippen LogP contribution < -0.4 is 4.90 Å². The Kier molecular flexibility index (Phi) is 2.90. The standard InChI is InChI=1S/C17H16F3NO/c18-17(19,20)12-2-1-3-13(8-12)21-9-14-10-4-6-11(7-5-10)15(14)16(21)22/h1-4,6,8,10-11,14-15H,5,7,9H2/t10-,11+,14-,15+/m0/s1. The van der Waals surface area contributed by atoms with Gasteiger partial charge in [-0.1, -0.05) is 18.2 Å². The van der Waals surface area contributed by atoms with E-state index in [1.807, 2.05) is 0 Å². The number of carbonyl (C=O) groups excluding carboxylic acids is 1. The molecule has 0 spiro atoms. The Morgan fingerprint density at radius 2 is 1.82 bits per heavy atom. The summed E-state index contributed by atoms with van der Waals surface area (Å²) in [5.74, 6) is 0.862. The second kappa shape index (κ2) is 4.61. The minimum atomic E-state index is -4.38. The molecule has 5 heteroatoms. The largest absolute Gasteiger partial charge is 0.416 e. The molecular formula is C17H16F3NO. The summed E-state index contributed by atoms with van der Waals surface area (Å²) >= 11 is 0. The van der Waals surface area contributed by atoms with Crippen LogP contribution in [0.3, 0.4) is 0 Å². The SMILES string of the molecule is O=C1[C@H]2[C@@H](CN1c1cccc(C(F)(F)F)c1)[C@H]1C=C[C@@H]2CC1. The minimum absolute atomic E-state index is 0.0108. The van der Waals surface area contributed by atoms with Gasteiger partial charge in [-0.2, -0.15) is 13.2 Å². The highest BCUT2D eigenvalue weighted by molar-refractivity contribution is 5.98. The van der Waals surface area contributed by atoms with Crippen LogP contribution in [0.25, 0.3) is 0 Å². The first-order chi connectivity index (χ1) is 10.4.